The number of halogens is 1. The molecule has 0 saturated carbocycles. The van der Waals surface area contributed by atoms with Crippen LogP contribution >= 0.6 is 24.0 Å². The molecule has 0 aliphatic rings. The lowest BCUT2D eigenvalue weighted by Gasteiger charge is -2.15. The van der Waals surface area contributed by atoms with Crippen LogP contribution in [0.4, 0.5) is 0 Å². The Labute approximate surface area is 157 Å². The zero-order valence-corrected chi connectivity index (χ0v) is 16.9. The SMILES string of the molecule is CCNC(=NCCOC)NCCOc1ccccc1C(C)C.I. The van der Waals surface area contributed by atoms with E-state index in [9.17, 15) is 0 Å². The second kappa shape index (κ2) is 13.4. The van der Waals surface area contributed by atoms with Gasteiger partial charge in [-0.2, -0.15) is 0 Å². The summed E-state index contributed by atoms with van der Waals surface area (Å²) in [6.07, 6.45) is 0. The number of para-hydroxylation sites is 1. The standard InChI is InChI=1S/C17H29N3O2.HI/c1-5-18-17(19-10-12-21-4)20-11-13-22-16-9-7-6-8-15(16)14(2)3;/h6-9,14H,5,10-13H2,1-4H3,(H2,18,19,20);1H. The summed E-state index contributed by atoms with van der Waals surface area (Å²) in [5, 5.41) is 6.45. The van der Waals surface area contributed by atoms with Gasteiger partial charge >= 0.3 is 0 Å². The molecule has 5 nitrogen and oxygen atoms in total. The summed E-state index contributed by atoms with van der Waals surface area (Å²) in [6, 6.07) is 8.19. The van der Waals surface area contributed by atoms with Gasteiger partial charge in [0.1, 0.15) is 12.4 Å². The molecule has 2 N–H and O–H groups in total. The van der Waals surface area contributed by atoms with Crippen LogP contribution in [0.5, 0.6) is 5.75 Å². The van der Waals surface area contributed by atoms with Crippen LogP contribution in [0.3, 0.4) is 0 Å². The smallest absolute Gasteiger partial charge is 0.191 e. The molecule has 0 radical (unpaired) electrons. The number of hydrogen-bond donors (Lipinski definition) is 2. The predicted molar refractivity (Wildman–Crippen MR) is 107 cm³/mol. The lowest BCUT2D eigenvalue weighted by Crippen LogP contribution is -2.39. The number of hydrogen-bond acceptors (Lipinski definition) is 3. The molecule has 0 saturated heterocycles. The highest BCUT2D eigenvalue weighted by atomic mass is 127. The van der Waals surface area contributed by atoms with Crippen LogP contribution in [0.15, 0.2) is 29.3 Å². The molecule has 0 bridgehead atoms. The van der Waals surface area contributed by atoms with E-state index >= 15 is 0 Å². The van der Waals surface area contributed by atoms with E-state index in [1.807, 2.05) is 25.1 Å². The third kappa shape index (κ3) is 9.00. The van der Waals surface area contributed by atoms with Gasteiger partial charge in [-0.05, 0) is 24.5 Å². The Kier molecular flexibility index (Phi) is 12.8. The van der Waals surface area contributed by atoms with Crippen molar-refractivity contribution in [2.45, 2.75) is 26.7 Å². The number of ether oxygens (including phenoxy) is 2. The summed E-state index contributed by atoms with van der Waals surface area (Å²) in [5.74, 6) is 2.21. The van der Waals surface area contributed by atoms with E-state index in [4.69, 9.17) is 9.47 Å². The molecule has 1 rings (SSSR count). The Morgan fingerprint density at radius 2 is 1.91 bits per heavy atom. The highest BCUT2D eigenvalue weighted by molar-refractivity contribution is 14.0. The van der Waals surface area contributed by atoms with Crippen molar-refractivity contribution in [1.29, 1.82) is 0 Å². The van der Waals surface area contributed by atoms with Crippen molar-refractivity contribution >= 4 is 29.9 Å². The van der Waals surface area contributed by atoms with E-state index in [-0.39, 0.29) is 24.0 Å². The van der Waals surface area contributed by atoms with E-state index in [0.717, 1.165) is 18.3 Å². The summed E-state index contributed by atoms with van der Waals surface area (Å²) in [5.41, 5.74) is 1.24. The molecular weight excluding hydrogens is 405 g/mol. The molecular formula is C17H30IN3O2. The summed E-state index contributed by atoms with van der Waals surface area (Å²) in [7, 11) is 1.68. The van der Waals surface area contributed by atoms with E-state index in [1.54, 1.807) is 7.11 Å². The van der Waals surface area contributed by atoms with Crippen molar-refractivity contribution < 1.29 is 9.47 Å². The number of nitrogens with zero attached hydrogens (tertiary/aromatic N) is 1. The fourth-order valence-corrected chi connectivity index (χ4v) is 2.01. The lowest BCUT2D eigenvalue weighted by molar-refractivity contribution is 0.208. The summed E-state index contributed by atoms with van der Waals surface area (Å²) < 4.78 is 10.9. The Balaban J connectivity index is 0.00000484. The van der Waals surface area contributed by atoms with Gasteiger partial charge < -0.3 is 20.1 Å². The Hall–Kier alpha value is -1.02. The van der Waals surface area contributed by atoms with Gasteiger partial charge in [-0.3, -0.25) is 4.99 Å². The lowest BCUT2D eigenvalue weighted by atomic mass is 10.0. The summed E-state index contributed by atoms with van der Waals surface area (Å²) in [4.78, 5) is 4.41. The first-order valence-electron chi connectivity index (χ1n) is 7.91. The van der Waals surface area contributed by atoms with Crippen LogP contribution in [0.25, 0.3) is 0 Å². The van der Waals surface area contributed by atoms with Gasteiger partial charge in [-0.15, -0.1) is 24.0 Å². The summed E-state index contributed by atoms with van der Waals surface area (Å²) >= 11 is 0. The second-order valence-corrected chi connectivity index (χ2v) is 5.22. The molecule has 0 aliphatic heterocycles. The first kappa shape index (κ1) is 22.0. The van der Waals surface area contributed by atoms with Crippen LogP contribution in [0, 0.1) is 0 Å². The zero-order chi connectivity index (χ0) is 16.2. The van der Waals surface area contributed by atoms with Crippen LogP contribution in [-0.4, -0.2) is 45.9 Å². The quantitative estimate of drug-likeness (QED) is 0.271. The molecule has 6 heteroatoms. The topological polar surface area (TPSA) is 54.9 Å². The van der Waals surface area contributed by atoms with Crippen LogP contribution < -0.4 is 15.4 Å². The number of rotatable bonds is 9. The fourth-order valence-electron chi connectivity index (χ4n) is 2.01. The van der Waals surface area contributed by atoms with Gasteiger partial charge in [0.25, 0.3) is 0 Å². The molecule has 0 amide bonds. The van der Waals surface area contributed by atoms with Gasteiger partial charge in [0.2, 0.25) is 0 Å². The van der Waals surface area contributed by atoms with Gasteiger partial charge in [0.15, 0.2) is 5.96 Å². The molecule has 0 fully saturated rings. The van der Waals surface area contributed by atoms with Gasteiger partial charge in [0, 0.05) is 13.7 Å². The maximum atomic E-state index is 5.88. The normalized spacial score (nSPS) is 11.1. The maximum Gasteiger partial charge on any atom is 0.191 e. The fraction of sp³-hybridized carbons (Fsp3) is 0.588. The molecule has 1 aromatic rings. The molecule has 0 unspecified atom stereocenters. The maximum absolute atomic E-state index is 5.88. The zero-order valence-electron chi connectivity index (χ0n) is 14.6. The van der Waals surface area contributed by atoms with Crippen molar-refractivity contribution in [2.75, 3.05) is 40.0 Å². The minimum Gasteiger partial charge on any atom is -0.491 e. The predicted octanol–water partition coefficient (Wildman–Crippen LogP) is 3.01. The minimum atomic E-state index is 0. The van der Waals surface area contributed by atoms with E-state index < -0.39 is 0 Å². The molecule has 132 valence electrons. The van der Waals surface area contributed by atoms with Crippen LogP contribution in [0.2, 0.25) is 0 Å². The number of methoxy groups -OCH3 is 1. The molecule has 0 aliphatic carbocycles. The molecule has 0 atom stereocenters. The number of aliphatic imine (C=N–C) groups is 1. The molecule has 0 aromatic heterocycles. The summed E-state index contributed by atoms with van der Waals surface area (Å²) in [6.45, 7) is 9.78. The Bertz CT molecular complexity index is 453. The van der Waals surface area contributed by atoms with E-state index in [1.165, 1.54) is 5.56 Å². The molecule has 0 spiro atoms. The first-order chi connectivity index (χ1) is 10.7. The largest absolute Gasteiger partial charge is 0.491 e. The highest BCUT2D eigenvalue weighted by Crippen LogP contribution is 2.25. The van der Waals surface area contributed by atoms with Crippen LogP contribution in [-0.2, 0) is 4.74 Å². The van der Waals surface area contributed by atoms with Gasteiger partial charge in [0.05, 0.1) is 19.7 Å². The molecule has 23 heavy (non-hydrogen) atoms. The number of nitrogens with one attached hydrogen (secondary N) is 2. The average Bonchev–Trinajstić information content (AvgIpc) is 2.52. The van der Waals surface area contributed by atoms with Crippen molar-refractivity contribution in [3.63, 3.8) is 0 Å². The first-order valence-corrected chi connectivity index (χ1v) is 7.91. The van der Waals surface area contributed by atoms with E-state index in [0.29, 0.717) is 32.2 Å². The second-order valence-electron chi connectivity index (χ2n) is 5.22. The third-order valence-corrected chi connectivity index (χ3v) is 3.10. The van der Waals surface area contributed by atoms with E-state index in [2.05, 4.69) is 35.5 Å². The van der Waals surface area contributed by atoms with Crippen molar-refractivity contribution in [2.24, 2.45) is 4.99 Å². The van der Waals surface area contributed by atoms with Crippen molar-refractivity contribution in [3.8, 4) is 5.75 Å². The minimum absolute atomic E-state index is 0. The molecule has 1 aromatic carbocycles. The highest BCUT2D eigenvalue weighted by Gasteiger charge is 2.06. The third-order valence-electron chi connectivity index (χ3n) is 3.10. The number of benzene rings is 1. The van der Waals surface area contributed by atoms with Crippen molar-refractivity contribution in [3.05, 3.63) is 29.8 Å². The van der Waals surface area contributed by atoms with Crippen molar-refractivity contribution in [1.82, 2.24) is 10.6 Å². The molecule has 0 heterocycles. The van der Waals surface area contributed by atoms with Crippen LogP contribution in [0.1, 0.15) is 32.3 Å². The Morgan fingerprint density at radius 3 is 2.57 bits per heavy atom. The monoisotopic (exact) mass is 435 g/mol. The van der Waals surface area contributed by atoms with Gasteiger partial charge in [-0.1, -0.05) is 32.0 Å². The van der Waals surface area contributed by atoms with Gasteiger partial charge in [-0.25, -0.2) is 0 Å². The average molecular weight is 435 g/mol. The Morgan fingerprint density at radius 1 is 1.17 bits per heavy atom. The number of guanidine groups is 1.